The van der Waals surface area contributed by atoms with E-state index in [1.54, 1.807) is 6.20 Å². The van der Waals surface area contributed by atoms with Crippen molar-refractivity contribution in [3.8, 4) is 0 Å². The van der Waals surface area contributed by atoms with Gasteiger partial charge in [0, 0.05) is 19.1 Å². The van der Waals surface area contributed by atoms with Crippen molar-refractivity contribution in [1.82, 2.24) is 9.78 Å². The zero-order chi connectivity index (χ0) is 14.9. The molecule has 1 aromatic heterocycles. The quantitative estimate of drug-likeness (QED) is 0.913. The minimum atomic E-state index is -0.0631. The average Bonchev–Trinajstić information content (AvgIpc) is 2.41. The molecule has 6 heteroatoms. The summed E-state index contributed by atoms with van der Waals surface area (Å²) in [4.78, 5) is 14.5. The molecule has 2 N–H and O–H groups in total. The molecule has 1 aliphatic rings. The Morgan fingerprint density at radius 1 is 1.35 bits per heavy atom. The Hall–Kier alpha value is -0.880. The summed E-state index contributed by atoms with van der Waals surface area (Å²) < 4.78 is 2.11. The zero-order valence-corrected chi connectivity index (χ0v) is 13.9. The normalized spacial score (nSPS) is 18.6. The summed E-state index contributed by atoms with van der Waals surface area (Å²) in [6.07, 6.45) is 3.92. The van der Waals surface area contributed by atoms with Crippen LogP contribution in [0.2, 0.25) is 0 Å². The molecule has 0 radical (unpaired) electrons. The van der Waals surface area contributed by atoms with Gasteiger partial charge in [0.2, 0.25) is 0 Å². The number of nitrogens with two attached hydrogens (primary N) is 1. The minimum absolute atomic E-state index is 0.0631. The zero-order valence-electron chi connectivity index (χ0n) is 12.3. The van der Waals surface area contributed by atoms with Crippen molar-refractivity contribution in [2.75, 3.05) is 18.0 Å². The van der Waals surface area contributed by atoms with E-state index in [1.807, 2.05) is 13.8 Å². The van der Waals surface area contributed by atoms with Gasteiger partial charge in [0.05, 0.1) is 17.9 Å². The van der Waals surface area contributed by atoms with E-state index >= 15 is 0 Å². The van der Waals surface area contributed by atoms with Crippen molar-refractivity contribution in [1.29, 1.82) is 0 Å². The molecule has 1 aliphatic heterocycles. The van der Waals surface area contributed by atoms with Crippen molar-refractivity contribution in [3.63, 3.8) is 0 Å². The Labute approximate surface area is 128 Å². The molecule has 1 fully saturated rings. The van der Waals surface area contributed by atoms with Gasteiger partial charge >= 0.3 is 0 Å². The molecular weight excluding hydrogens is 320 g/mol. The molecule has 2 heterocycles. The van der Waals surface area contributed by atoms with Crippen LogP contribution in [0.4, 0.5) is 5.69 Å². The van der Waals surface area contributed by atoms with E-state index in [4.69, 9.17) is 5.73 Å². The predicted molar refractivity (Wildman–Crippen MR) is 85.2 cm³/mol. The van der Waals surface area contributed by atoms with E-state index < -0.39 is 0 Å². The highest BCUT2D eigenvalue weighted by Crippen LogP contribution is 2.28. The molecule has 2 rings (SSSR count). The number of aromatic nitrogens is 2. The van der Waals surface area contributed by atoms with Gasteiger partial charge < -0.3 is 10.6 Å². The molecule has 20 heavy (non-hydrogen) atoms. The van der Waals surface area contributed by atoms with Crippen LogP contribution in [0.5, 0.6) is 0 Å². The molecule has 1 atom stereocenters. The van der Waals surface area contributed by atoms with Crippen molar-refractivity contribution in [2.45, 2.75) is 45.7 Å². The molecule has 112 valence electrons. The summed E-state index contributed by atoms with van der Waals surface area (Å²) in [5, 5.41) is 4.28. The van der Waals surface area contributed by atoms with Crippen molar-refractivity contribution < 1.29 is 0 Å². The number of hydrogen-bond donors (Lipinski definition) is 1. The molecule has 0 aromatic carbocycles. The summed E-state index contributed by atoms with van der Waals surface area (Å²) in [5.74, 6) is 0.578. The highest BCUT2D eigenvalue weighted by atomic mass is 79.9. The molecule has 5 nitrogen and oxygen atoms in total. The van der Waals surface area contributed by atoms with Crippen LogP contribution in [0.15, 0.2) is 15.5 Å². The maximum atomic E-state index is 12.3. The van der Waals surface area contributed by atoms with E-state index in [1.165, 1.54) is 4.68 Å². The summed E-state index contributed by atoms with van der Waals surface area (Å²) in [6.45, 7) is 7.83. The van der Waals surface area contributed by atoms with Crippen molar-refractivity contribution >= 4 is 21.6 Å². The van der Waals surface area contributed by atoms with Gasteiger partial charge in [0.1, 0.15) is 4.47 Å². The van der Waals surface area contributed by atoms with E-state index in [9.17, 15) is 4.79 Å². The van der Waals surface area contributed by atoms with Crippen LogP contribution in [0.1, 0.15) is 39.7 Å². The van der Waals surface area contributed by atoms with Crippen LogP contribution in [-0.4, -0.2) is 28.9 Å². The first-order valence-corrected chi connectivity index (χ1v) is 7.99. The number of halogens is 1. The van der Waals surface area contributed by atoms with Gasteiger partial charge in [0.15, 0.2) is 0 Å². The Kier molecular flexibility index (Phi) is 4.86. The maximum absolute atomic E-state index is 12.3. The topological polar surface area (TPSA) is 64.2 Å². The molecule has 0 amide bonds. The van der Waals surface area contributed by atoms with Crippen LogP contribution >= 0.6 is 15.9 Å². The van der Waals surface area contributed by atoms with Crippen LogP contribution in [0.3, 0.4) is 0 Å². The summed E-state index contributed by atoms with van der Waals surface area (Å²) in [7, 11) is 0. The lowest BCUT2D eigenvalue weighted by atomic mass is 9.91. The molecule has 0 saturated carbocycles. The Balaban J connectivity index is 2.19. The minimum Gasteiger partial charge on any atom is -0.369 e. The number of hydrogen-bond acceptors (Lipinski definition) is 4. The summed E-state index contributed by atoms with van der Waals surface area (Å²) in [6, 6.07) is 0.310. The second-order valence-corrected chi connectivity index (χ2v) is 6.66. The highest BCUT2D eigenvalue weighted by molar-refractivity contribution is 9.10. The SMILES string of the molecule is CC(N)C1CCN(c2cnn(C(C)C)c(=O)c2Br)CC1. The molecule has 0 spiro atoms. The fourth-order valence-corrected chi connectivity index (χ4v) is 3.23. The highest BCUT2D eigenvalue weighted by Gasteiger charge is 2.24. The number of anilines is 1. The first kappa shape index (κ1) is 15.5. The number of nitrogens with zero attached hydrogens (tertiary/aromatic N) is 3. The lowest BCUT2D eigenvalue weighted by Crippen LogP contribution is -2.40. The Morgan fingerprint density at radius 2 is 1.95 bits per heavy atom. The van der Waals surface area contributed by atoms with Gasteiger partial charge in [-0.1, -0.05) is 0 Å². The first-order chi connectivity index (χ1) is 9.41. The van der Waals surface area contributed by atoms with Crippen LogP contribution < -0.4 is 16.2 Å². The van der Waals surface area contributed by atoms with Gasteiger partial charge in [-0.3, -0.25) is 4.79 Å². The van der Waals surface area contributed by atoms with Crippen LogP contribution in [-0.2, 0) is 0 Å². The standard InChI is InChI=1S/C14H23BrN4O/c1-9(2)19-14(20)13(15)12(8-17-19)18-6-4-11(5-7-18)10(3)16/h8-11H,4-7,16H2,1-3H3. The van der Waals surface area contributed by atoms with Crippen molar-refractivity contribution in [2.24, 2.45) is 11.7 Å². The Morgan fingerprint density at radius 3 is 2.45 bits per heavy atom. The fourth-order valence-electron chi connectivity index (χ4n) is 2.69. The third-order valence-corrected chi connectivity index (χ3v) is 4.78. The lowest BCUT2D eigenvalue weighted by molar-refractivity contribution is 0.354. The van der Waals surface area contributed by atoms with Gasteiger partial charge in [-0.15, -0.1) is 0 Å². The Bertz CT molecular complexity index is 518. The second-order valence-electron chi connectivity index (χ2n) is 5.87. The molecular formula is C14H23BrN4O. The first-order valence-electron chi connectivity index (χ1n) is 7.19. The molecule has 0 bridgehead atoms. The molecule has 1 saturated heterocycles. The van der Waals surface area contributed by atoms with Gasteiger partial charge in [-0.2, -0.15) is 5.10 Å². The van der Waals surface area contributed by atoms with Crippen molar-refractivity contribution in [3.05, 3.63) is 21.0 Å². The third-order valence-electron chi connectivity index (χ3n) is 4.04. The van der Waals surface area contributed by atoms with Gasteiger partial charge in [-0.05, 0) is 55.5 Å². The summed E-state index contributed by atoms with van der Waals surface area (Å²) >= 11 is 3.44. The lowest BCUT2D eigenvalue weighted by Gasteiger charge is -2.35. The largest absolute Gasteiger partial charge is 0.369 e. The second kappa shape index (κ2) is 6.26. The van der Waals surface area contributed by atoms with E-state index in [0.29, 0.717) is 10.4 Å². The monoisotopic (exact) mass is 342 g/mol. The van der Waals surface area contributed by atoms with E-state index in [0.717, 1.165) is 31.6 Å². The summed E-state index contributed by atoms with van der Waals surface area (Å²) in [5.41, 5.74) is 6.80. The van der Waals surface area contributed by atoms with Gasteiger partial charge in [-0.25, -0.2) is 4.68 Å². The number of piperidine rings is 1. The number of rotatable bonds is 3. The van der Waals surface area contributed by atoms with Crippen LogP contribution in [0.25, 0.3) is 0 Å². The van der Waals surface area contributed by atoms with E-state index in [-0.39, 0.29) is 17.6 Å². The molecule has 1 unspecified atom stereocenters. The smallest absolute Gasteiger partial charge is 0.283 e. The predicted octanol–water partition coefficient (Wildman–Crippen LogP) is 2.15. The molecule has 1 aromatic rings. The van der Waals surface area contributed by atoms with Gasteiger partial charge in [0.25, 0.3) is 5.56 Å². The fraction of sp³-hybridized carbons (Fsp3) is 0.714. The third kappa shape index (κ3) is 3.06. The maximum Gasteiger partial charge on any atom is 0.283 e. The van der Waals surface area contributed by atoms with Crippen LogP contribution in [0, 0.1) is 5.92 Å². The van der Waals surface area contributed by atoms with E-state index in [2.05, 4.69) is 32.9 Å². The molecule has 0 aliphatic carbocycles. The average molecular weight is 343 g/mol.